The van der Waals surface area contributed by atoms with Crippen molar-refractivity contribution in [3.8, 4) is 0 Å². The van der Waals surface area contributed by atoms with E-state index in [1.54, 1.807) is 4.90 Å². The van der Waals surface area contributed by atoms with Crippen LogP contribution in [0.4, 0.5) is 5.69 Å². The van der Waals surface area contributed by atoms with E-state index < -0.39 is 0 Å². The summed E-state index contributed by atoms with van der Waals surface area (Å²) in [5, 5.41) is 0. The van der Waals surface area contributed by atoms with E-state index in [1.165, 1.54) is 25.7 Å². The number of nitrogens with zero attached hydrogens (tertiary/aromatic N) is 2. The third kappa shape index (κ3) is 5.80. The van der Waals surface area contributed by atoms with E-state index in [0.717, 1.165) is 50.0 Å². The van der Waals surface area contributed by atoms with Crippen LogP contribution in [0.1, 0.15) is 56.9 Å². The van der Waals surface area contributed by atoms with Gasteiger partial charge in [-0.1, -0.05) is 37.0 Å². The Labute approximate surface area is 162 Å². The standard InChI is InChI=1S/C22H32N2O3/c1-18-10-12-19(13-11-18)24(16-21(25)23-14-6-3-7-15-23)22(26)17-27-20-8-4-2-5-9-20/h10-13,20H,2-9,14-17H2,1H3. The van der Waals surface area contributed by atoms with Crippen LogP contribution in [0.3, 0.4) is 0 Å². The number of hydrogen-bond donors (Lipinski definition) is 0. The number of benzene rings is 1. The van der Waals surface area contributed by atoms with Gasteiger partial charge in [0.1, 0.15) is 13.2 Å². The number of ether oxygens (including phenoxy) is 1. The monoisotopic (exact) mass is 372 g/mol. The third-order valence-corrected chi connectivity index (χ3v) is 5.64. The Morgan fingerprint density at radius 2 is 1.63 bits per heavy atom. The van der Waals surface area contributed by atoms with Gasteiger partial charge in [-0.2, -0.15) is 0 Å². The summed E-state index contributed by atoms with van der Waals surface area (Å²) in [5.41, 5.74) is 1.90. The lowest BCUT2D eigenvalue weighted by molar-refractivity contribution is -0.133. The highest BCUT2D eigenvalue weighted by molar-refractivity contribution is 5.99. The van der Waals surface area contributed by atoms with Crippen molar-refractivity contribution in [3.05, 3.63) is 29.8 Å². The van der Waals surface area contributed by atoms with Crippen LogP contribution in [0, 0.1) is 6.92 Å². The molecule has 0 unspecified atom stereocenters. The highest BCUT2D eigenvalue weighted by Gasteiger charge is 2.25. The van der Waals surface area contributed by atoms with Crippen LogP contribution in [-0.4, -0.2) is 49.1 Å². The fraction of sp³-hybridized carbons (Fsp3) is 0.636. The summed E-state index contributed by atoms with van der Waals surface area (Å²) >= 11 is 0. The van der Waals surface area contributed by atoms with Gasteiger partial charge in [-0.15, -0.1) is 0 Å². The van der Waals surface area contributed by atoms with Gasteiger partial charge < -0.3 is 14.5 Å². The third-order valence-electron chi connectivity index (χ3n) is 5.64. The molecular formula is C22H32N2O3. The first-order valence-electron chi connectivity index (χ1n) is 10.4. The van der Waals surface area contributed by atoms with Crippen LogP contribution < -0.4 is 4.90 Å². The Bertz CT molecular complexity index is 617. The second kappa shape index (κ2) is 9.88. The van der Waals surface area contributed by atoms with Gasteiger partial charge in [0.2, 0.25) is 5.91 Å². The quantitative estimate of drug-likeness (QED) is 0.765. The molecule has 1 aliphatic heterocycles. The molecule has 1 saturated carbocycles. The molecule has 0 N–H and O–H groups in total. The van der Waals surface area contributed by atoms with Gasteiger partial charge in [0.25, 0.3) is 5.91 Å². The van der Waals surface area contributed by atoms with Gasteiger partial charge in [0.15, 0.2) is 0 Å². The first-order chi connectivity index (χ1) is 13.1. The lowest BCUT2D eigenvalue weighted by atomic mass is 9.98. The van der Waals surface area contributed by atoms with Crippen LogP contribution in [0.2, 0.25) is 0 Å². The number of rotatable bonds is 6. The van der Waals surface area contributed by atoms with Crippen LogP contribution in [0.25, 0.3) is 0 Å². The smallest absolute Gasteiger partial charge is 0.253 e. The van der Waals surface area contributed by atoms with Crippen molar-refractivity contribution in [1.82, 2.24) is 4.90 Å². The number of aryl methyl sites for hydroxylation is 1. The summed E-state index contributed by atoms with van der Waals surface area (Å²) < 4.78 is 5.88. The number of carbonyl (C=O) groups is 2. The minimum Gasteiger partial charge on any atom is -0.368 e. The molecule has 3 rings (SSSR count). The van der Waals surface area contributed by atoms with E-state index in [-0.39, 0.29) is 31.1 Å². The van der Waals surface area contributed by atoms with Gasteiger partial charge in [-0.25, -0.2) is 0 Å². The van der Waals surface area contributed by atoms with Crippen molar-refractivity contribution >= 4 is 17.5 Å². The molecule has 2 aliphatic rings. The van der Waals surface area contributed by atoms with E-state index >= 15 is 0 Å². The van der Waals surface area contributed by atoms with Crippen LogP contribution in [-0.2, 0) is 14.3 Å². The van der Waals surface area contributed by atoms with Crippen molar-refractivity contribution in [1.29, 1.82) is 0 Å². The van der Waals surface area contributed by atoms with E-state index in [1.807, 2.05) is 36.1 Å². The van der Waals surface area contributed by atoms with Crippen LogP contribution in [0.5, 0.6) is 0 Å². The lowest BCUT2D eigenvalue weighted by Gasteiger charge is -2.30. The van der Waals surface area contributed by atoms with E-state index in [2.05, 4.69) is 0 Å². The Morgan fingerprint density at radius 3 is 2.30 bits per heavy atom. The lowest BCUT2D eigenvalue weighted by Crippen LogP contribution is -2.46. The number of piperidine rings is 1. The molecule has 0 bridgehead atoms. The SMILES string of the molecule is Cc1ccc(N(CC(=O)N2CCCCC2)C(=O)COC2CCCCC2)cc1. The minimum absolute atomic E-state index is 0.0290. The van der Waals surface area contributed by atoms with Crippen molar-refractivity contribution in [2.45, 2.75) is 64.4 Å². The number of anilines is 1. The molecule has 1 heterocycles. The summed E-state index contributed by atoms with van der Waals surface area (Å²) in [6.45, 7) is 3.75. The molecule has 1 saturated heterocycles. The maximum absolute atomic E-state index is 12.9. The van der Waals surface area contributed by atoms with Crippen molar-refractivity contribution in [2.24, 2.45) is 0 Å². The maximum Gasteiger partial charge on any atom is 0.253 e. The van der Waals surface area contributed by atoms with E-state index in [9.17, 15) is 9.59 Å². The van der Waals surface area contributed by atoms with Crippen molar-refractivity contribution < 1.29 is 14.3 Å². The Balaban J connectivity index is 1.65. The average Bonchev–Trinajstić information content (AvgIpc) is 2.72. The molecule has 5 heteroatoms. The fourth-order valence-electron chi connectivity index (χ4n) is 3.93. The fourth-order valence-corrected chi connectivity index (χ4v) is 3.93. The zero-order chi connectivity index (χ0) is 19.1. The number of carbonyl (C=O) groups excluding carboxylic acids is 2. The molecule has 0 spiro atoms. The molecule has 1 aromatic rings. The van der Waals surface area contributed by atoms with Crippen molar-refractivity contribution in [3.63, 3.8) is 0 Å². The van der Waals surface area contributed by atoms with Gasteiger partial charge >= 0.3 is 0 Å². The summed E-state index contributed by atoms with van der Waals surface area (Å²) in [5.74, 6) is -0.101. The van der Waals surface area contributed by atoms with Gasteiger partial charge in [0.05, 0.1) is 6.10 Å². The van der Waals surface area contributed by atoms with Gasteiger partial charge in [0, 0.05) is 18.8 Å². The Kier molecular flexibility index (Phi) is 7.27. The van der Waals surface area contributed by atoms with E-state index in [0.29, 0.717) is 0 Å². The van der Waals surface area contributed by atoms with Crippen LogP contribution in [0.15, 0.2) is 24.3 Å². The van der Waals surface area contributed by atoms with Gasteiger partial charge in [-0.3, -0.25) is 9.59 Å². The van der Waals surface area contributed by atoms with Crippen LogP contribution >= 0.6 is 0 Å². The first-order valence-corrected chi connectivity index (χ1v) is 10.4. The molecule has 0 radical (unpaired) electrons. The summed E-state index contributed by atoms with van der Waals surface area (Å²) in [7, 11) is 0. The first kappa shape index (κ1) is 19.9. The molecule has 2 amide bonds. The topological polar surface area (TPSA) is 49.9 Å². The van der Waals surface area contributed by atoms with Gasteiger partial charge in [-0.05, 0) is 51.2 Å². The summed E-state index contributed by atoms with van der Waals surface area (Å²) in [4.78, 5) is 29.2. The summed E-state index contributed by atoms with van der Waals surface area (Å²) in [6.07, 6.45) is 9.13. The zero-order valence-corrected chi connectivity index (χ0v) is 16.5. The Morgan fingerprint density at radius 1 is 1.00 bits per heavy atom. The number of likely N-dealkylation sites (tertiary alicyclic amines) is 1. The zero-order valence-electron chi connectivity index (χ0n) is 16.5. The average molecular weight is 373 g/mol. The molecule has 5 nitrogen and oxygen atoms in total. The normalized spacial score (nSPS) is 18.3. The van der Waals surface area contributed by atoms with E-state index in [4.69, 9.17) is 4.74 Å². The number of amides is 2. The Hall–Kier alpha value is -1.88. The molecule has 1 aliphatic carbocycles. The molecule has 148 valence electrons. The molecular weight excluding hydrogens is 340 g/mol. The maximum atomic E-state index is 12.9. The second-order valence-electron chi connectivity index (χ2n) is 7.83. The predicted molar refractivity (Wildman–Crippen MR) is 107 cm³/mol. The molecule has 27 heavy (non-hydrogen) atoms. The molecule has 2 fully saturated rings. The second-order valence-corrected chi connectivity index (χ2v) is 7.83. The highest BCUT2D eigenvalue weighted by Crippen LogP contribution is 2.21. The summed E-state index contributed by atoms with van der Waals surface area (Å²) in [6, 6.07) is 7.78. The molecule has 0 aromatic heterocycles. The highest BCUT2D eigenvalue weighted by atomic mass is 16.5. The molecule has 1 aromatic carbocycles. The minimum atomic E-state index is -0.130. The molecule has 0 atom stereocenters. The largest absolute Gasteiger partial charge is 0.368 e. The number of hydrogen-bond acceptors (Lipinski definition) is 3. The predicted octanol–water partition coefficient (Wildman–Crippen LogP) is 3.69. The van der Waals surface area contributed by atoms with Crippen molar-refractivity contribution in [2.75, 3.05) is 31.1 Å².